The molecule has 0 aliphatic heterocycles. The van der Waals surface area contributed by atoms with E-state index in [0.717, 1.165) is 17.8 Å². The zero-order valence-corrected chi connectivity index (χ0v) is 19.4. The van der Waals surface area contributed by atoms with Crippen molar-refractivity contribution in [1.82, 2.24) is 14.8 Å². The molecule has 2 heterocycles. The molecule has 11 heteroatoms. The lowest BCUT2D eigenvalue weighted by Gasteiger charge is -2.09. The summed E-state index contributed by atoms with van der Waals surface area (Å²) >= 11 is 0. The first kappa shape index (κ1) is 24.9. The Kier molecular flexibility index (Phi) is 8.13. The standard InChI is InChI=1S/C24H23N5O6/c1-4-35-24(30)19-13-18(29(31)32)14-26-20(19)8-6-17-15-28(11-5-10-25)27-23(17)16-7-9-21(33-2)22(12-16)34-3/h6-9,12-15H,4-5,11H2,1-3H3. The molecule has 1 aromatic carbocycles. The van der Waals surface area contributed by atoms with E-state index < -0.39 is 10.9 Å². The van der Waals surface area contributed by atoms with Crippen molar-refractivity contribution in [2.45, 2.75) is 19.9 Å². The minimum absolute atomic E-state index is 0.0261. The molecule has 0 radical (unpaired) electrons. The first-order valence-electron chi connectivity index (χ1n) is 10.6. The van der Waals surface area contributed by atoms with Gasteiger partial charge in [-0.05, 0) is 37.3 Å². The van der Waals surface area contributed by atoms with Gasteiger partial charge in [-0.25, -0.2) is 9.78 Å². The lowest BCUT2D eigenvalue weighted by atomic mass is 10.1. The fourth-order valence-electron chi connectivity index (χ4n) is 3.28. The molecule has 0 atom stereocenters. The van der Waals surface area contributed by atoms with E-state index in [2.05, 4.69) is 16.2 Å². The number of aryl methyl sites for hydroxylation is 1. The van der Waals surface area contributed by atoms with Crippen LogP contribution in [-0.4, -0.2) is 46.5 Å². The number of methoxy groups -OCH3 is 2. The Hall–Kier alpha value is -4.72. The van der Waals surface area contributed by atoms with Crippen molar-refractivity contribution in [1.29, 1.82) is 5.26 Å². The fourth-order valence-corrected chi connectivity index (χ4v) is 3.28. The van der Waals surface area contributed by atoms with E-state index in [9.17, 15) is 14.9 Å². The molecule has 3 rings (SSSR count). The van der Waals surface area contributed by atoms with E-state index in [1.807, 2.05) is 6.07 Å². The predicted octanol–water partition coefficient (Wildman–Crippen LogP) is 4.13. The van der Waals surface area contributed by atoms with Crippen LogP contribution in [0.25, 0.3) is 23.4 Å². The normalized spacial score (nSPS) is 10.7. The molecule has 0 unspecified atom stereocenters. The second kappa shape index (κ2) is 11.4. The van der Waals surface area contributed by atoms with Crippen molar-refractivity contribution in [2.75, 3.05) is 20.8 Å². The average molecular weight is 477 g/mol. The lowest BCUT2D eigenvalue weighted by molar-refractivity contribution is -0.385. The molecule has 0 fully saturated rings. The number of ether oxygens (including phenoxy) is 3. The number of esters is 1. The number of hydrogen-bond acceptors (Lipinski definition) is 9. The van der Waals surface area contributed by atoms with Crippen LogP contribution in [0, 0.1) is 21.4 Å². The van der Waals surface area contributed by atoms with Gasteiger partial charge >= 0.3 is 5.97 Å². The summed E-state index contributed by atoms with van der Waals surface area (Å²) in [7, 11) is 3.08. The maximum Gasteiger partial charge on any atom is 0.340 e. The average Bonchev–Trinajstić information content (AvgIpc) is 3.28. The highest BCUT2D eigenvalue weighted by Gasteiger charge is 2.19. The zero-order valence-electron chi connectivity index (χ0n) is 19.4. The molecule has 180 valence electrons. The molecule has 0 spiro atoms. The van der Waals surface area contributed by atoms with Gasteiger partial charge in [0.05, 0.1) is 61.7 Å². The van der Waals surface area contributed by atoms with Crippen LogP contribution in [0.4, 0.5) is 5.69 Å². The van der Waals surface area contributed by atoms with Gasteiger partial charge in [-0.1, -0.05) is 0 Å². The Morgan fingerprint density at radius 1 is 1.23 bits per heavy atom. The molecule has 0 bridgehead atoms. The van der Waals surface area contributed by atoms with Gasteiger partial charge in [-0.3, -0.25) is 14.8 Å². The molecule has 35 heavy (non-hydrogen) atoms. The Labute approximate surface area is 201 Å². The van der Waals surface area contributed by atoms with Crippen LogP contribution in [0.3, 0.4) is 0 Å². The van der Waals surface area contributed by atoms with Gasteiger partial charge in [-0.15, -0.1) is 0 Å². The molecule has 0 saturated heterocycles. The van der Waals surface area contributed by atoms with Crippen LogP contribution in [0.5, 0.6) is 11.5 Å². The maximum absolute atomic E-state index is 12.4. The topological polar surface area (TPSA) is 142 Å². The highest BCUT2D eigenvalue weighted by Crippen LogP contribution is 2.33. The number of rotatable bonds is 10. The molecule has 0 aliphatic rings. The number of carbonyl (C=O) groups excluding carboxylic acids is 1. The van der Waals surface area contributed by atoms with Crippen molar-refractivity contribution in [2.24, 2.45) is 0 Å². The van der Waals surface area contributed by atoms with Crippen LogP contribution in [0.2, 0.25) is 0 Å². The summed E-state index contributed by atoms with van der Waals surface area (Å²) in [5.41, 5.74) is 1.87. The van der Waals surface area contributed by atoms with Gasteiger partial charge in [0, 0.05) is 23.4 Å². The molecule has 11 nitrogen and oxygen atoms in total. The van der Waals surface area contributed by atoms with E-state index >= 15 is 0 Å². The lowest BCUT2D eigenvalue weighted by Crippen LogP contribution is -2.08. The Morgan fingerprint density at radius 2 is 2.00 bits per heavy atom. The highest BCUT2D eigenvalue weighted by molar-refractivity contribution is 5.95. The van der Waals surface area contributed by atoms with Crippen molar-refractivity contribution in [3.8, 4) is 28.8 Å². The maximum atomic E-state index is 12.4. The first-order valence-corrected chi connectivity index (χ1v) is 10.6. The Morgan fingerprint density at radius 3 is 2.66 bits per heavy atom. The molecule has 0 amide bonds. The number of aromatic nitrogens is 3. The molecular formula is C24H23N5O6. The van der Waals surface area contributed by atoms with Crippen LogP contribution in [-0.2, 0) is 11.3 Å². The number of nitro groups is 1. The van der Waals surface area contributed by atoms with Gasteiger partial charge < -0.3 is 14.2 Å². The molecule has 3 aromatic rings. The fraction of sp³-hybridized carbons (Fsp3) is 0.250. The monoisotopic (exact) mass is 477 g/mol. The van der Waals surface area contributed by atoms with E-state index in [4.69, 9.17) is 19.5 Å². The van der Waals surface area contributed by atoms with Gasteiger partial charge in [0.1, 0.15) is 6.20 Å². The SMILES string of the molecule is CCOC(=O)c1cc([N+](=O)[O-])cnc1C=Cc1cn(CCC#N)nc1-c1ccc(OC)c(OC)c1. The van der Waals surface area contributed by atoms with Crippen LogP contribution >= 0.6 is 0 Å². The largest absolute Gasteiger partial charge is 0.493 e. The molecule has 0 N–H and O–H groups in total. The quantitative estimate of drug-likeness (QED) is 0.239. The van der Waals surface area contributed by atoms with Gasteiger partial charge in [0.25, 0.3) is 5.69 Å². The van der Waals surface area contributed by atoms with Gasteiger partial charge in [0.15, 0.2) is 11.5 Å². The van der Waals surface area contributed by atoms with Crippen LogP contribution < -0.4 is 9.47 Å². The summed E-state index contributed by atoms with van der Waals surface area (Å²) in [6.07, 6.45) is 6.36. The van der Waals surface area contributed by atoms with E-state index in [1.165, 1.54) is 7.11 Å². The zero-order chi connectivity index (χ0) is 25.4. The molecular weight excluding hydrogens is 454 g/mol. The molecule has 2 aromatic heterocycles. The van der Waals surface area contributed by atoms with Gasteiger partial charge in [-0.2, -0.15) is 10.4 Å². The van der Waals surface area contributed by atoms with E-state index in [0.29, 0.717) is 29.3 Å². The van der Waals surface area contributed by atoms with E-state index in [1.54, 1.807) is 49.2 Å². The van der Waals surface area contributed by atoms with Crippen molar-refractivity contribution in [3.05, 3.63) is 63.6 Å². The molecule has 0 aliphatic carbocycles. The van der Waals surface area contributed by atoms with Crippen molar-refractivity contribution < 1.29 is 23.9 Å². The van der Waals surface area contributed by atoms with Crippen LogP contribution in [0.15, 0.2) is 36.7 Å². The summed E-state index contributed by atoms with van der Waals surface area (Å²) in [5, 5.41) is 24.7. The second-order valence-corrected chi connectivity index (χ2v) is 7.11. The Bertz CT molecular complexity index is 1310. The van der Waals surface area contributed by atoms with Crippen molar-refractivity contribution in [3.63, 3.8) is 0 Å². The third kappa shape index (κ3) is 5.80. The predicted molar refractivity (Wildman–Crippen MR) is 127 cm³/mol. The second-order valence-electron chi connectivity index (χ2n) is 7.11. The summed E-state index contributed by atoms with van der Waals surface area (Å²) in [6.45, 7) is 2.14. The summed E-state index contributed by atoms with van der Waals surface area (Å²) in [5.74, 6) is 0.368. The highest BCUT2D eigenvalue weighted by atomic mass is 16.6. The minimum atomic E-state index is -0.715. The number of benzene rings is 1. The summed E-state index contributed by atoms with van der Waals surface area (Å²) < 4.78 is 17.4. The molecule has 0 saturated carbocycles. The first-order chi connectivity index (χ1) is 16.9. The number of pyridine rings is 1. The van der Waals surface area contributed by atoms with Gasteiger partial charge in [0.2, 0.25) is 0 Å². The Balaban J connectivity index is 2.08. The summed E-state index contributed by atoms with van der Waals surface area (Å²) in [6, 6.07) is 8.58. The summed E-state index contributed by atoms with van der Waals surface area (Å²) in [4.78, 5) is 27.0. The van der Waals surface area contributed by atoms with E-state index in [-0.39, 0.29) is 30.0 Å². The number of hydrogen-bond donors (Lipinski definition) is 0. The minimum Gasteiger partial charge on any atom is -0.493 e. The third-order valence-corrected chi connectivity index (χ3v) is 4.93. The number of nitrogens with zero attached hydrogens (tertiary/aromatic N) is 5. The number of nitriles is 1. The van der Waals surface area contributed by atoms with Crippen LogP contribution in [0.1, 0.15) is 35.0 Å². The number of carbonyl (C=O) groups is 1. The smallest absolute Gasteiger partial charge is 0.340 e. The van der Waals surface area contributed by atoms with Crippen molar-refractivity contribution >= 4 is 23.8 Å². The third-order valence-electron chi connectivity index (χ3n) is 4.93.